The Hall–Kier alpha value is -0.650. The van der Waals surface area contributed by atoms with E-state index in [0.717, 1.165) is 11.2 Å². The van der Waals surface area contributed by atoms with Gasteiger partial charge >= 0.3 is 0 Å². The minimum absolute atomic E-state index is 0.586. The van der Waals surface area contributed by atoms with Gasteiger partial charge < -0.3 is 10.2 Å². The van der Waals surface area contributed by atoms with Crippen LogP contribution in [0.25, 0.3) is 0 Å². The molecule has 2 saturated heterocycles. The van der Waals surface area contributed by atoms with Crippen LogP contribution in [0, 0.1) is 0 Å². The Morgan fingerprint density at radius 1 is 1.44 bits per heavy atom. The molecule has 1 aromatic heterocycles. The van der Waals surface area contributed by atoms with Crippen LogP contribution in [0.2, 0.25) is 0 Å². The van der Waals surface area contributed by atoms with E-state index < -0.39 is 0 Å². The van der Waals surface area contributed by atoms with Crippen molar-refractivity contribution in [2.24, 2.45) is 0 Å². The monoisotopic (exact) mass is 238 g/mol. The topological polar surface area (TPSA) is 31.4 Å². The van der Waals surface area contributed by atoms with E-state index in [9.17, 15) is 0 Å². The first kappa shape index (κ1) is 10.5. The van der Waals surface area contributed by atoms with Gasteiger partial charge in [0.05, 0.1) is 0 Å². The Kier molecular flexibility index (Phi) is 2.83. The number of nitrogens with one attached hydrogen (secondary N) is 1. The smallest absolute Gasteiger partial charge is 0.182 e. The van der Waals surface area contributed by atoms with Crippen LogP contribution in [0.3, 0.4) is 0 Å². The third kappa shape index (κ3) is 2.07. The highest BCUT2D eigenvalue weighted by atomic mass is 32.1. The maximum absolute atomic E-state index is 4.29. The quantitative estimate of drug-likeness (QED) is 0.831. The van der Waals surface area contributed by atoms with Crippen molar-refractivity contribution in [2.45, 2.75) is 18.5 Å². The van der Waals surface area contributed by atoms with Gasteiger partial charge in [-0.15, -0.1) is 11.3 Å². The molecule has 2 unspecified atom stereocenters. The van der Waals surface area contributed by atoms with Gasteiger partial charge in [0.25, 0.3) is 0 Å². The highest BCUT2D eigenvalue weighted by molar-refractivity contribution is 7.13. The molecule has 0 saturated carbocycles. The molecule has 2 aliphatic rings. The molecule has 0 spiro atoms. The molecule has 0 aliphatic carbocycles. The first-order valence-electron chi connectivity index (χ1n) is 5.90. The summed E-state index contributed by atoms with van der Waals surface area (Å²) in [5.41, 5.74) is 0. The first-order valence-corrected chi connectivity index (χ1v) is 6.78. The summed E-state index contributed by atoms with van der Waals surface area (Å²) in [5.74, 6) is 0. The summed E-state index contributed by atoms with van der Waals surface area (Å²) in [4.78, 5) is 9.34. The molecule has 0 aromatic carbocycles. The molecule has 16 heavy (non-hydrogen) atoms. The maximum atomic E-state index is 4.29. The molecule has 2 fully saturated rings. The van der Waals surface area contributed by atoms with E-state index in [1.165, 1.54) is 32.6 Å². The van der Waals surface area contributed by atoms with E-state index in [0.29, 0.717) is 6.04 Å². The summed E-state index contributed by atoms with van der Waals surface area (Å²) in [7, 11) is 2.22. The van der Waals surface area contributed by atoms with Gasteiger partial charge in [0.1, 0.15) is 0 Å². The number of fused-ring (bicyclic) bond motifs is 1. The van der Waals surface area contributed by atoms with Crippen molar-refractivity contribution >= 4 is 16.5 Å². The Balaban J connectivity index is 1.60. The lowest BCUT2D eigenvalue weighted by Crippen LogP contribution is -2.48. The van der Waals surface area contributed by atoms with Crippen molar-refractivity contribution in [1.82, 2.24) is 14.8 Å². The zero-order valence-electron chi connectivity index (χ0n) is 9.59. The number of nitrogens with zero attached hydrogens (tertiary/aromatic N) is 3. The molecule has 5 heteroatoms. The Morgan fingerprint density at radius 3 is 3.19 bits per heavy atom. The van der Waals surface area contributed by atoms with Crippen molar-refractivity contribution in [3.63, 3.8) is 0 Å². The third-order valence-electron chi connectivity index (χ3n) is 3.58. The number of thiazole rings is 1. The minimum Gasteiger partial charge on any atom is -0.357 e. The van der Waals surface area contributed by atoms with Crippen LogP contribution in [0.15, 0.2) is 11.6 Å². The average molecular weight is 238 g/mol. The molecule has 0 bridgehead atoms. The second-order valence-corrected chi connectivity index (χ2v) is 5.72. The molecule has 0 radical (unpaired) electrons. The second-order valence-electron chi connectivity index (χ2n) is 4.83. The lowest BCUT2D eigenvalue weighted by molar-refractivity contribution is 0.124. The van der Waals surface area contributed by atoms with E-state index in [1.54, 1.807) is 11.3 Å². The van der Waals surface area contributed by atoms with E-state index in [2.05, 4.69) is 27.1 Å². The van der Waals surface area contributed by atoms with Gasteiger partial charge in [-0.25, -0.2) is 4.98 Å². The number of rotatable bonds is 2. The average Bonchev–Trinajstić information content (AvgIpc) is 2.86. The van der Waals surface area contributed by atoms with Crippen LogP contribution in [0.5, 0.6) is 0 Å². The largest absolute Gasteiger partial charge is 0.357 e. The van der Waals surface area contributed by atoms with Gasteiger partial charge in [0, 0.05) is 49.8 Å². The van der Waals surface area contributed by atoms with E-state index in [1.807, 2.05) is 11.6 Å². The summed E-state index contributed by atoms with van der Waals surface area (Å²) >= 11 is 1.69. The number of aromatic nitrogens is 1. The Morgan fingerprint density at radius 2 is 2.38 bits per heavy atom. The molecule has 3 rings (SSSR count). The SMILES string of the molecule is CN1CCN2CC(Nc3nccs3)CC2C1. The molecule has 3 heterocycles. The first-order chi connectivity index (χ1) is 7.81. The fourth-order valence-corrected chi connectivity index (χ4v) is 3.38. The molecule has 88 valence electrons. The van der Waals surface area contributed by atoms with Crippen molar-refractivity contribution in [3.8, 4) is 0 Å². The van der Waals surface area contributed by atoms with Gasteiger partial charge in [-0.2, -0.15) is 0 Å². The Labute approximate surface area is 100 Å². The standard InChI is InChI=1S/C11H18N4S/c1-14-3-4-15-7-9(6-10(15)8-14)13-11-12-2-5-16-11/h2,5,9-10H,3-4,6-8H2,1H3,(H,12,13). The zero-order chi connectivity index (χ0) is 11.0. The molecular weight excluding hydrogens is 220 g/mol. The zero-order valence-corrected chi connectivity index (χ0v) is 10.4. The number of anilines is 1. The highest BCUT2D eigenvalue weighted by Crippen LogP contribution is 2.24. The van der Waals surface area contributed by atoms with Crippen molar-refractivity contribution in [1.29, 1.82) is 0 Å². The number of likely N-dealkylation sites (N-methyl/N-ethyl adjacent to an activating group) is 1. The molecule has 1 aromatic rings. The predicted molar refractivity (Wildman–Crippen MR) is 67.0 cm³/mol. The van der Waals surface area contributed by atoms with Crippen LogP contribution in [-0.2, 0) is 0 Å². The number of piperazine rings is 1. The van der Waals surface area contributed by atoms with Crippen LogP contribution in [-0.4, -0.2) is 60.1 Å². The molecule has 2 atom stereocenters. The van der Waals surface area contributed by atoms with Gasteiger partial charge in [-0.3, -0.25) is 4.90 Å². The fraction of sp³-hybridized carbons (Fsp3) is 0.727. The summed E-state index contributed by atoms with van der Waals surface area (Å²) in [6.07, 6.45) is 3.12. The molecule has 0 amide bonds. The van der Waals surface area contributed by atoms with Gasteiger partial charge in [-0.05, 0) is 13.5 Å². The lowest BCUT2D eigenvalue weighted by Gasteiger charge is -2.34. The molecule has 4 nitrogen and oxygen atoms in total. The fourth-order valence-electron chi connectivity index (χ4n) is 2.77. The van der Waals surface area contributed by atoms with Crippen molar-refractivity contribution in [2.75, 3.05) is 38.5 Å². The lowest BCUT2D eigenvalue weighted by atomic mass is 10.1. The molecule has 1 N–H and O–H groups in total. The van der Waals surface area contributed by atoms with Crippen molar-refractivity contribution in [3.05, 3.63) is 11.6 Å². The summed E-state index contributed by atoms with van der Waals surface area (Å²) < 4.78 is 0. The van der Waals surface area contributed by atoms with Crippen LogP contribution >= 0.6 is 11.3 Å². The molecular formula is C11H18N4S. The van der Waals surface area contributed by atoms with Gasteiger partial charge in [-0.1, -0.05) is 0 Å². The maximum Gasteiger partial charge on any atom is 0.182 e. The van der Waals surface area contributed by atoms with Crippen LogP contribution in [0.1, 0.15) is 6.42 Å². The van der Waals surface area contributed by atoms with E-state index in [4.69, 9.17) is 0 Å². The predicted octanol–water partition coefficient (Wildman–Crippen LogP) is 0.943. The normalized spacial score (nSPS) is 31.6. The van der Waals surface area contributed by atoms with Crippen LogP contribution < -0.4 is 5.32 Å². The van der Waals surface area contributed by atoms with Gasteiger partial charge in [0.15, 0.2) is 5.13 Å². The van der Waals surface area contributed by atoms with Crippen molar-refractivity contribution < 1.29 is 0 Å². The summed E-state index contributed by atoms with van der Waals surface area (Å²) in [6, 6.07) is 1.33. The highest BCUT2D eigenvalue weighted by Gasteiger charge is 2.35. The minimum atomic E-state index is 0.586. The Bertz CT molecular complexity index is 340. The number of hydrogen-bond acceptors (Lipinski definition) is 5. The molecule has 2 aliphatic heterocycles. The number of hydrogen-bond donors (Lipinski definition) is 1. The summed E-state index contributed by atoms with van der Waals surface area (Å²) in [5, 5.41) is 6.63. The third-order valence-corrected chi connectivity index (χ3v) is 4.28. The van der Waals surface area contributed by atoms with Gasteiger partial charge in [0.2, 0.25) is 0 Å². The van der Waals surface area contributed by atoms with E-state index in [-0.39, 0.29) is 0 Å². The second kappa shape index (κ2) is 4.31. The van der Waals surface area contributed by atoms with Crippen LogP contribution in [0.4, 0.5) is 5.13 Å². The van der Waals surface area contributed by atoms with E-state index >= 15 is 0 Å². The summed E-state index contributed by atoms with van der Waals surface area (Å²) in [6.45, 7) is 4.83.